The van der Waals surface area contributed by atoms with Crippen LogP contribution in [-0.4, -0.2) is 18.9 Å². The van der Waals surface area contributed by atoms with Gasteiger partial charge in [-0.15, -0.1) is 0 Å². The number of halogens is 3. The molecule has 0 saturated carbocycles. The summed E-state index contributed by atoms with van der Waals surface area (Å²) < 4.78 is 38.7. The number of carbonyl (C=O) groups excluding carboxylic acids is 2. The number of para-hydroxylation sites is 2. The first kappa shape index (κ1) is 17.5. The van der Waals surface area contributed by atoms with Crippen LogP contribution in [0.1, 0.15) is 12.0 Å². The molecule has 126 valence electrons. The van der Waals surface area contributed by atoms with Gasteiger partial charge in [0.25, 0.3) is 0 Å². The second-order valence-electron chi connectivity index (χ2n) is 5.06. The maximum absolute atomic E-state index is 12.9. The van der Waals surface area contributed by atoms with E-state index in [9.17, 15) is 22.8 Å². The zero-order valence-electron chi connectivity index (χ0n) is 12.8. The van der Waals surface area contributed by atoms with E-state index in [-0.39, 0.29) is 5.69 Å². The van der Waals surface area contributed by atoms with Gasteiger partial charge in [0.05, 0.1) is 11.3 Å². The Morgan fingerprint density at radius 2 is 1.58 bits per heavy atom. The van der Waals surface area contributed by atoms with Gasteiger partial charge in [0.1, 0.15) is 6.42 Å². The highest BCUT2D eigenvalue weighted by Crippen LogP contribution is 2.34. The first-order chi connectivity index (χ1) is 11.3. The van der Waals surface area contributed by atoms with Gasteiger partial charge in [0.2, 0.25) is 11.8 Å². The molecule has 0 radical (unpaired) electrons. The molecule has 0 spiro atoms. The first-order valence-electron chi connectivity index (χ1n) is 7.06. The molecule has 0 unspecified atom stereocenters. The SMILES string of the molecule is CN(C(=O)CC(=O)Nc1ccccc1C(F)(F)F)c1ccccc1. The Morgan fingerprint density at radius 3 is 2.21 bits per heavy atom. The molecule has 2 aromatic rings. The Bertz CT molecular complexity index is 730. The van der Waals surface area contributed by atoms with Crippen LogP contribution in [0.25, 0.3) is 0 Å². The van der Waals surface area contributed by atoms with E-state index in [2.05, 4.69) is 5.32 Å². The van der Waals surface area contributed by atoms with E-state index in [1.165, 1.54) is 24.1 Å². The molecule has 7 heteroatoms. The Kier molecular flexibility index (Phi) is 5.23. The van der Waals surface area contributed by atoms with Gasteiger partial charge in [-0.25, -0.2) is 0 Å². The van der Waals surface area contributed by atoms with E-state index in [1.807, 2.05) is 0 Å². The van der Waals surface area contributed by atoms with Crippen LogP contribution in [-0.2, 0) is 15.8 Å². The molecule has 0 atom stereocenters. The predicted molar refractivity (Wildman–Crippen MR) is 84.5 cm³/mol. The number of nitrogens with one attached hydrogen (secondary N) is 1. The van der Waals surface area contributed by atoms with Gasteiger partial charge < -0.3 is 10.2 Å². The number of carbonyl (C=O) groups is 2. The lowest BCUT2D eigenvalue weighted by Crippen LogP contribution is -2.30. The van der Waals surface area contributed by atoms with Crippen LogP contribution >= 0.6 is 0 Å². The lowest BCUT2D eigenvalue weighted by molar-refractivity contribution is -0.137. The maximum atomic E-state index is 12.9. The van der Waals surface area contributed by atoms with Crippen molar-refractivity contribution < 1.29 is 22.8 Å². The molecule has 2 rings (SSSR count). The number of nitrogens with zero attached hydrogens (tertiary/aromatic N) is 1. The van der Waals surface area contributed by atoms with Crippen LogP contribution in [0.15, 0.2) is 54.6 Å². The Hall–Kier alpha value is -2.83. The molecule has 2 aromatic carbocycles. The quantitative estimate of drug-likeness (QED) is 0.866. The molecule has 0 aliphatic heterocycles. The molecular weight excluding hydrogens is 321 g/mol. The molecule has 1 N–H and O–H groups in total. The van der Waals surface area contributed by atoms with Crippen molar-refractivity contribution in [2.45, 2.75) is 12.6 Å². The number of rotatable bonds is 4. The van der Waals surface area contributed by atoms with Crippen molar-refractivity contribution in [3.05, 3.63) is 60.2 Å². The van der Waals surface area contributed by atoms with Gasteiger partial charge in [-0.05, 0) is 24.3 Å². The summed E-state index contributed by atoms with van der Waals surface area (Å²) in [5.41, 5.74) is -0.738. The summed E-state index contributed by atoms with van der Waals surface area (Å²) in [7, 11) is 1.49. The van der Waals surface area contributed by atoms with Gasteiger partial charge in [-0.2, -0.15) is 13.2 Å². The maximum Gasteiger partial charge on any atom is 0.418 e. The summed E-state index contributed by atoms with van der Waals surface area (Å²) in [5.74, 6) is -1.33. The summed E-state index contributed by atoms with van der Waals surface area (Å²) in [6.07, 6.45) is -5.15. The summed E-state index contributed by atoms with van der Waals surface area (Å²) in [5, 5.41) is 2.15. The van der Waals surface area contributed by atoms with Gasteiger partial charge in [0, 0.05) is 12.7 Å². The van der Waals surface area contributed by atoms with E-state index in [1.54, 1.807) is 30.3 Å². The van der Waals surface area contributed by atoms with Crippen LogP contribution in [0, 0.1) is 0 Å². The summed E-state index contributed by atoms with van der Waals surface area (Å²) in [4.78, 5) is 25.3. The van der Waals surface area contributed by atoms with Gasteiger partial charge in [-0.1, -0.05) is 30.3 Å². The van der Waals surface area contributed by atoms with Crippen molar-refractivity contribution in [2.75, 3.05) is 17.3 Å². The molecule has 0 aliphatic rings. The molecule has 4 nitrogen and oxygen atoms in total. The normalized spacial score (nSPS) is 11.0. The third-order valence-electron chi connectivity index (χ3n) is 3.34. The lowest BCUT2D eigenvalue weighted by Gasteiger charge is -2.17. The summed E-state index contributed by atoms with van der Waals surface area (Å²) in [6.45, 7) is 0. The molecule has 24 heavy (non-hydrogen) atoms. The van der Waals surface area contributed by atoms with Crippen LogP contribution in [0.2, 0.25) is 0 Å². The highest BCUT2D eigenvalue weighted by atomic mass is 19.4. The van der Waals surface area contributed by atoms with Crippen molar-refractivity contribution in [1.82, 2.24) is 0 Å². The van der Waals surface area contributed by atoms with Crippen molar-refractivity contribution >= 4 is 23.2 Å². The van der Waals surface area contributed by atoms with Crippen molar-refractivity contribution in [2.24, 2.45) is 0 Å². The highest BCUT2D eigenvalue weighted by molar-refractivity contribution is 6.09. The first-order valence-corrected chi connectivity index (χ1v) is 7.06. The molecule has 0 heterocycles. The largest absolute Gasteiger partial charge is 0.418 e. The van der Waals surface area contributed by atoms with Gasteiger partial charge in [0.15, 0.2) is 0 Å². The zero-order chi connectivity index (χ0) is 17.7. The fraction of sp³-hybridized carbons (Fsp3) is 0.176. The molecule has 0 fully saturated rings. The minimum absolute atomic E-state index is 0.370. The lowest BCUT2D eigenvalue weighted by atomic mass is 10.1. The molecule has 2 amide bonds. The summed E-state index contributed by atoms with van der Waals surface area (Å²) >= 11 is 0. The van der Waals surface area contributed by atoms with Crippen LogP contribution < -0.4 is 10.2 Å². The van der Waals surface area contributed by atoms with Crippen LogP contribution in [0.5, 0.6) is 0 Å². The second kappa shape index (κ2) is 7.16. The minimum atomic E-state index is -4.59. The molecule has 0 aliphatic carbocycles. The third kappa shape index (κ3) is 4.34. The zero-order valence-corrected chi connectivity index (χ0v) is 12.8. The highest BCUT2D eigenvalue weighted by Gasteiger charge is 2.33. The smallest absolute Gasteiger partial charge is 0.325 e. The number of anilines is 2. The van der Waals surface area contributed by atoms with Crippen molar-refractivity contribution in [3.63, 3.8) is 0 Å². The van der Waals surface area contributed by atoms with E-state index in [0.717, 1.165) is 12.1 Å². The average Bonchev–Trinajstić information content (AvgIpc) is 2.54. The number of hydrogen-bond acceptors (Lipinski definition) is 2. The number of benzene rings is 2. The third-order valence-corrected chi connectivity index (χ3v) is 3.34. The van der Waals surface area contributed by atoms with E-state index < -0.39 is 30.0 Å². The van der Waals surface area contributed by atoms with E-state index in [0.29, 0.717) is 5.69 Å². The Morgan fingerprint density at radius 1 is 1.00 bits per heavy atom. The second-order valence-corrected chi connectivity index (χ2v) is 5.06. The number of hydrogen-bond donors (Lipinski definition) is 1. The predicted octanol–water partition coefficient (Wildman–Crippen LogP) is 3.70. The minimum Gasteiger partial charge on any atom is -0.325 e. The standard InChI is InChI=1S/C17H15F3N2O2/c1-22(12-7-3-2-4-8-12)16(24)11-15(23)21-14-10-6-5-9-13(14)17(18,19)20/h2-10H,11H2,1H3,(H,21,23). The van der Waals surface area contributed by atoms with Crippen LogP contribution in [0.4, 0.5) is 24.5 Å². The van der Waals surface area contributed by atoms with Gasteiger partial charge in [-0.3, -0.25) is 9.59 Å². The molecule has 0 bridgehead atoms. The van der Waals surface area contributed by atoms with Crippen molar-refractivity contribution in [3.8, 4) is 0 Å². The molecule has 0 saturated heterocycles. The van der Waals surface area contributed by atoms with Gasteiger partial charge >= 0.3 is 6.18 Å². The Balaban J connectivity index is 2.05. The Labute approximate surface area is 136 Å². The average molecular weight is 336 g/mol. The van der Waals surface area contributed by atoms with E-state index in [4.69, 9.17) is 0 Å². The fourth-order valence-corrected chi connectivity index (χ4v) is 2.09. The molecular formula is C17H15F3N2O2. The van der Waals surface area contributed by atoms with E-state index >= 15 is 0 Å². The van der Waals surface area contributed by atoms with Crippen molar-refractivity contribution in [1.29, 1.82) is 0 Å². The number of alkyl halides is 3. The monoisotopic (exact) mass is 336 g/mol. The van der Waals surface area contributed by atoms with Crippen LogP contribution in [0.3, 0.4) is 0 Å². The molecule has 0 aromatic heterocycles. The fourth-order valence-electron chi connectivity index (χ4n) is 2.09. The summed E-state index contributed by atoms with van der Waals surface area (Å²) in [6, 6.07) is 13.2. The number of amides is 2. The topological polar surface area (TPSA) is 49.4 Å².